The van der Waals surface area contributed by atoms with E-state index in [1.165, 1.54) is 23.0 Å². The number of primary amides is 1. The summed E-state index contributed by atoms with van der Waals surface area (Å²) in [6, 6.07) is 7.71. The van der Waals surface area contributed by atoms with Gasteiger partial charge in [0.25, 0.3) is 5.56 Å². The maximum absolute atomic E-state index is 11.5. The van der Waals surface area contributed by atoms with Crippen molar-refractivity contribution in [2.24, 2.45) is 5.73 Å². The Morgan fingerprint density at radius 1 is 1.33 bits per heavy atom. The minimum absolute atomic E-state index is 0.212. The zero-order valence-electron chi connectivity index (χ0n) is 9.54. The number of nitrogens with zero attached hydrogens (tertiary/aromatic N) is 2. The van der Waals surface area contributed by atoms with Gasteiger partial charge in [-0.25, -0.2) is 4.68 Å². The van der Waals surface area contributed by atoms with Gasteiger partial charge in [0.1, 0.15) is 0 Å². The molecule has 0 unspecified atom stereocenters. The van der Waals surface area contributed by atoms with Crippen molar-refractivity contribution in [1.29, 1.82) is 0 Å². The summed E-state index contributed by atoms with van der Waals surface area (Å²) in [5.74, 6) is -0.539. The molecule has 2 aromatic rings. The highest BCUT2D eigenvalue weighted by molar-refractivity contribution is 5.93. The molecular weight excluding hydrogens is 232 g/mol. The number of nitrogens with two attached hydrogens (primary N) is 2. The van der Waals surface area contributed by atoms with E-state index < -0.39 is 5.91 Å². The Kier molecular flexibility index (Phi) is 3.09. The van der Waals surface area contributed by atoms with Gasteiger partial charge in [-0.15, -0.1) is 0 Å². The molecule has 0 saturated heterocycles. The molecule has 0 aliphatic carbocycles. The fourth-order valence-corrected chi connectivity index (χ4v) is 1.56. The van der Waals surface area contributed by atoms with Crippen molar-refractivity contribution in [2.45, 2.75) is 6.54 Å². The molecule has 18 heavy (non-hydrogen) atoms. The maximum atomic E-state index is 11.5. The quantitative estimate of drug-likeness (QED) is 0.740. The molecular formula is C12H12N4O2. The Balaban J connectivity index is 2.33. The summed E-state index contributed by atoms with van der Waals surface area (Å²) in [6.07, 6.45) is 1.52. The summed E-state index contributed by atoms with van der Waals surface area (Å²) in [7, 11) is 0. The van der Waals surface area contributed by atoms with E-state index in [0.29, 0.717) is 16.8 Å². The third kappa shape index (κ3) is 2.37. The van der Waals surface area contributed by atoms with Gasteiger partial charge in [-0.3, -0.25) is 9.59 Å². The molecule has 1 heterocycles. The predicted octanol–water partition coefficient (Wildman–Crippen LogP) is -0.0273. The number of aromatic nitrogens is 2. The Labute approximate surface area is 103 Å². The second-order valence-corrected chi connectivity index (χ2v) is 3.80. The molecule has 4 N–H and O–H groups in total. The number of carbonyl (C=O) groups excluding carboxylic acids is 1. The van der Waals surface area contributed by atoms with E-state index in [0.717, 1.165) is 0 Å². The standard InChI is InChI=1S/C12H12N4O2/c13-10-6-8(12(14)18)3-4-9(10)7-16-11(17)2-1-5-15-16/h1-6H,7,13H2,(H2,14,18). The first-order chi connectivity index (χ1) is 8.58. The van der Waals surface area contributed by atoms with Crippen molar-refractivity contribution < 1.29 is 4.79 Å². The lowest BCUT2D eigenvalue weighted by Gasteiger charge is -2.08. The summed E-state index contributed by atoms with van der Waals surface area (Å²) in [5.41, 5.74) is 12.2. The van der Waals surface area contributed by atoms with Crippen molar-refractivity contribution in [3.63, 3.8) is 0 Å². The monoisotopic (exact) mass is 244 g/mol. The highest BCUT2D eigenvalue weighted by Gasteiger charge is 2.06. The summed E-state index contributed by atoms with van der Waals surface area (Å²) in [4.78, 5) is 22.5. The van der Waals surface area contributed by atoms with Crippen LogP contribution in [0.4, 0.5) is 5.69 Å². The molecule has 0 aliphatic rings. The molecule has 0 spiro atoms. The van der Waals surface area contributed by atoms with Crippen LogP contribution in [0.2, 0.25) is 0 Å². The predicted molar refractivity (Wildman–Crippen MR) is 67.0 cm³/mol. The van der Waals surface area contributed by atoms with Gasteiger partial charge in [0, 0.05) is 23.5 Å². The van der Waals surface area contributed by atoms with E-state index in [1.807, 2.05) is 0 Å². The lowest BCUT2D eigenvalue weighted by Crippen LogP contribution is -2.22. The highest BCUT2D eigenvalue weighted by Crippen LogP contribution is 2.14. The largest absolute Gasteiger partial charge is 0.398 e. The van der Waals surface area contributed by atoms with Crippen LogP contribution >= 0.6 is 0 Å². The second kappa shape index (κ2) is 4.70. The molecule has 0 atom stereocenters. The second-order valence-electron chi connectivity index (χ2n) is 3.80. The van der Waals surface area contributed by atoms with E-state index >= 15 is 0 Å². The fourth-order valence-electron chi connectivity index (χ4n) is 1.56. The number of anilines is 1. The summed E-state index contributed by atoms with van der Waals surface area (Å²) in [5, 5.41) is 3.93. The number of hydrogen-bond donors (Lipinski definition) is 2. The van der Waals surface area contributed by atoms with Crippen LogP contribution < -0.4 is 17.0 Å². The Morgan fingerprint density at radius 3 is 2.72 bits per heavy atom. The minimum Gasteiger partial charge on any atom is -0.398 e. The van der Waals surface area contributed by atoms with E-state index in [9.17, 15) is 9.59 Å². The maximum Gasteiger partial charge on any atom is 0.267 e. The number of carbonyl (C=O) groups is 1. The molecule has 0 saturated carbocycles. The topological polar surface area (TPSA) is 104 Å². The van der Waals surface area contributed by atoms with Gasteiger partial charge >= 0.3 is 0 Å². The number of amides is 1. The molecule has 2 rings (SSSR count). The first-order valence-electron chi connectivity index (χ1n) is 5.28. The lowest BCUT2D eigenvalue weighted by molar-refractivity contribution is 0.100. The average Bonchev–Trinajstić information content (AvgIpc) is 2.34. The van der Waals surface area contributed by atoms with Crippen molar-refractivity contribution in [3.05, 3.63) is 58.0 Å². The van der Waals surface area contributed by atoms with Gasteiger partial charge < -0.3 is 11.5 Å². The third-order valence-electron chi connectivity index (χ3n) is 2.54. The van der Waals surface area contributed by atoms with Crippen LogP contribution in [0.1, 0.15) is 15.9 Å². The van der Waals surface area contributed by atoms with Crippen LogP contribution in [0.5, 0.6) is 0 Å². The highest BCUT2D eigenvalue weighted by atomic mass is 16.1. The molecule has 1 aromatic heterocycles. The van der Waals surface area contributed by atoms with Gasteiger partial charge in [-0.2, -0.15) is 5.10 Å². The van der Waals surface area contributed by atoms with Gasteiger partial charge in [-0.1, -0.05) is 6.07 Å². The van der Waals surface area contributed by atoms with Crippen LogP contribution in [0, 0.1) is 0 Å². The summed E-state index contributed by atoms with van der Waals surface area (Å²) >= 11 is 0. The zero-order valence-corrected chi connectivity index (χ0v) is 9.54. The van der Waals surface area contributed by atoms with Crippen LogP contribution in [-0.2, 0) is 6.54 Å². The van der Waals surface area contributed by atoms with Crippen molar-refractivity contribution in [2.75, 3.05) is 5.73 Å². The molecule has 0 bridgehead atoms. The Hall–Kier alpha value is -2.63. The van der Waals surface area contributed by atoms with E-state index in [2.05, 4.69) is 5.10 Å². The van der Waals surface area contributed by atoms with E-state index in [-0.39, 0.29) is 12.1 Å². The normalized spacial score (nSPS) is 10.2. The van der Waals surface area contributed by atoms with Gasteiger partial charge in [0.05, 0.1) is 6.54 Å². The van der Waals surface area contributed by atoms with Crippen molar-refractivity contribution in [1.82, 2.24) is 9.78 Å². The lowest BCUT2D eigenvalue weighted by atomic mass is 10.1. The van der Waals surface area contributed by atoms with Crippen LogP contribution in [0.3, 0.4) is 0 Å². The minimum atomic E-state index is -0.539. The molecule has 92 valence electrons. The number of rotatable bonds is 3. The molecule has 0 fully saturated rings. The average molecular weight is 244 g/mol. The van der Waals surface area contributed by atoms with E-state index in [4.69, 9.17) is 11.5 Å². The Morgan fingerprint density at radius 2 is 2.11 bits per heavy atom. The zero-order chi connectivity index (χ0) is 13.1. The molecule has 1 aromatic carbocycles. The summed E-state index contributed by atoms with van der Waals surface area (Å²) < 4.78 is 1.29. The smallest absolute Gasteiger partial charge is 0.267 e. The number of hydrogen-bond acceptors (Lipinski definition) is 4. The van der Waals surface area contributed by atoms with Gasteiger partial charge in [-0.05, 0) is 23.8 Å². The molecule has 6 heteroatoms. The number of benzene rings is 1. The molecule has 0 radical (unpaired) electrons. The van der Waals surface area contributed by atoms with Crippen molar-refractivity contribution in [3.8, 4) is 0 Å². The Bertz CT molecular complexity index is 649. The fraction of sp³-hybridized carbons (Fsp3) is 0.0833. The third-order valence-corrected chi connectivity index (χ3v) is 2.54. The van der Waals surface area contributed by atoms with E-state index in [1.54, 1.807) is 18.2 Å². The first kappa shape index (κ1) is 11.8. The van der Waals surface area contributed by atoms with Crippen molar-refractivity contribution >= 4 is 11.6 Å². The van der Waals surface area contributed by atoms with Crippen LogP contribution in [0.15, 0.2) is 41.3 Å². The van der Waals surface area contributed by atoms with Crippen LogP contribution in [0.25, 0.3) is 0 Å². The van der Waals surface area contributed by atoms with Gasteiger partial charge in [0.15, 0.2) is 0 Å². The number of nitrogen functional groups attached to an aromatic ring is 1. The van der Waals surface area contributed by atoms with Gasteiger partial charge in [0.2, 0.25) is 5.91 Å². The first-order valence-corrected chi connectivity index (χ1v) is 5.28. The molecule has 6 nitrogen and oxygen atoms in total. The summed E-state index contributed by atoms with van der Waals surface area (Å²) in [6.45, 7) is 0.255. The SMILES string of the molecule is NC(=O)c1ccc(Cn2ncccc2=O)c(N)c1. The molecule has 0 aliphatic heterocycles. The molecule has 1 amide bonds. The van der Waals surface area contributed by atoms with Crippen LogP contribution in [-0.4, -0.2) is 15.7 Å².